The SMILES string of the molecule is Cn1cc(C2C(=O)NC(=O)C2c2cn(C3(C(=O)OC(C)(C)C)CCNCC3)c3ccccc23)c2ccccc21. The van der Waals surface area contributed by atoms with Crippen molar-refractivity contribution >= 4 is 39.6 Å². The molecule has 39 heavy (non-hydrogen) atoms. The first-order chi connectivity index (χ1) is 18.6. The number of nitrogens with one attached hydrogen (secondary N) is 2. The Morgan fingerprint density at radius 1 is 0.872 bits per heavy atom. The van der Waals surface area contributed by atoms with Gasteiger partial charge in [0.1, 0.15) is 11.1 Å². The van der Waals surface area contributed by atoms with Crippen LogP contribution in [0.3, 0.4) is 0 Å². The van der Waals surface area contributed by atoms with Crippen LogP contribution in [0.5, 0.6) is 0 Å². The third-order valence-electron chi connectivity index (χ3n) is 8.16. The highest BCUT2D eigenvalue weighted by molar-refractivity contribution is 6.13. The van der Waals surface area contributed by atoms with Crippen LogP contribution < -0.4 is 10.6 Å². The second-order valence-corrected chi connectivity index (χ2v) is 11.8. The van der Waals surface area contributed by atoms with Gasteiger partial charge in [-0.3, -0.25) is 14.9 Å². The van der Waals surface area contributed by atoms with E-state index in [2.05, 4.69) is 10.6 Å². The fraction of sp³-hybridized carbons (Fsp3) is 0.387. The van der Waals surface area contributed by atoms with Crippen LogP contribution in [0.15, 0.2) is 60.9 Å². The van der Waals surface area contributed by atoms with Gasteiger partial charge in [0.05, 0.1) is 11.8 Å². The molecule has 2 aromatic carbocycles. The summed E-state index contributed by atoms with van der Waals surface area (Å²) < 4.78 is 9.98. The molecule has 4 heterocycles. The predicted molar refractivity (Wildman–Crippen MR) is 149 cm³/mol. The minimum Gasteiger partial charge on any atom is -0.458 e. The van der Waals surface area contributed by atoms with Gasteiger partial charge in [-0.25, -0.2) is 4.79 Å². The first kappa shape index (κ1) is 25.4. The van der Waals surface area contributed by atoms with Crippen LogP contribution in [-0.4, -0.2) is 45.6 Å². The quantitative estimate of drug-likeness (QED) is 0.309. The minimum absolute atomic E-state index is 0.277. The first-order valence-electron chi connectivity index (χ1n) is 13.5. The highest BCUT2D eigenvalue weighted by Crippen LogP contribution is 2.45. The van der Waals surface area contributed by atoms with Gasteiger partial charge in [0.2, 0.25) is 11.8 Å². The van der Waals surface area contributed by atoms with Gasteiger partial charge in [0, 0.05) is 41.2 Å². The number of aromatic nitrogens is 2. The van der Waals surface area contributed by atoms with Crippen LogP contribution >= 0.6 is 0 Å². The lowest BCUT2D eigenvalue weighted by atomic mass is 9.83. The van der Waals surface area contributed by atoms with E-state index < -0.39 is 23.0 Å². The molecule has 202 valence electrons. The number of fused-ring (bicyclic) bond motifs is 2. The van der Waals surface area contributed by atoms with Gasteiger partial charge in [-0.15, -0.1) is 0 Å². The first-order valence-corrected chi connectivity index (χ1v) is 13.5. The molecule has 2 N–H and O–H groups in total. The lowest BCUT2D eigenvalue weighted by Crippen LogP contribution is -2.51. The Kier molecular flexibility index (Phi) is 5.91. The van der Waals surface area contributed by atoms with E-state index in [0.717, 1.165) is 32.9 Å². The molecule has 2 amide bonds. The van der Waals surface area contributed by atoms with E-state index >= 15 is 0 Å². The number of hydrogen-bond acceptors (Lipinski definition) is 5. The molecule has 0 aliphatic carbocycles. The van der Waals surface area contributed by atoms with E-state index in [9.17, 15) is 14.4 Å². The number of piperidine rings is 1. The average molecular weight is 527 g/mol. The summed E-state index contributed by atoms with van der Waals surface area (Å²) in [6.45, 7) is 6.97. The van der Waals surface area contributed by atoms with Crippen LogP contribution in [0, 0.1) is 0 Å². The topological polar surface area (TPSA) is 94.4 Å². The number of carbonyl (C=O) groups is 3. The molecule has 2 saturated heterocycles. The molecule has 2 aliphatic rings. The van der Waals surface area contributed by atoms with E-state index in [1.165, 1.54) is 0 Å². The van der Waals surface area contributed by atoms with Gasteiger partial charge in [0.25, 0.3) is 0 Å². The van der Waals surface area contributed by atoms with Crippen LogP contribution in [0.2, 0.25) is 0 Å². The van der Waals surface area contributed by atoms with Crippen molar-refractivity contribution in [3.8, 4) is 0 Å². The maximum absolute atomic E-state index is 13.9. The summed E-state index contributed by atoms with van der Waals surface area (Å²) in [6, 6.07) is 15.7. The van der Waals surface area contributed by atoms with Gasteiger partial charge in [0.15, 0.2) is 0 Å². The zero-order valence-corrected chi connectivity index (χ0v) is 22.8. The fourth-order valence-electron chi connectivity index (χ4n) is 6.41. The summed E-state index contributed by atoms with van der Waals surface area (Å²) in [6.07, 6.45) is 5.00. The largest absolute Gasteiger partial charge is 0.458 e. The molecule has 8 nitrogen and oxygen atoms in total. The third kappa shape index (κ3) is 4.05. The fourth-order valence-corrected chi connectivity index (χ4v) is 6.41. The Hall–Kier alpha value is -3.91. The molecule has 2 aliphatic heterocycles. The van der Waals surface area contributed by atoms with Gasteiger partial charge in [-0.05, 0) is 70.0 Å². The number of amides is 2. The molecule has 0 spiro atoms. The molecule has 2 fully saturated rings. The molecule has 0 bridgehead atoms. The highest BCUT2D eigenvalue weighted by atomic mass is 16.6. The minimum atomic E-state index is -0.926. The van der Waals surface area contributed by atoms with Crippen molar-refractivity contribution in [3.05, 3.63) is 72.1 Å². The second kappa shape index (κ2) is 9.09. The van der Waals surface area contributed by atoms with Crippen molar-refractivity contribution in [2.75, 3.05) is 13.1 Å². The number of aryl methyl sites for hydroxylation is 1. The Morgan fingerprint density at radius 2 is 1.41 bits per heavy atom. The number of hydrogen-bond donors (Lipinski definition) is 2. The third-order valence-corrected chi connectivity index (χ3v) is 8.16. The van der Waals surface area contributed by atoms with Gasteiger partial charge < -0.3 is 19.2 Å². The summed E-state index contributed by atoms with van der Waals surface area (Å²) in [7, 11) is 1.95. The normalized spacial score (nSPS) is 21.4. The van der Waals surface area contributed by atoms with Crippen molar-refractivity contribution in [1.29, 1.82) is 0 Å². The summed E-state index contributed by atoms with van der Waals surface area (Å²) in [5.41, 5.74) is 1.85. The highest BCUT2D eigenvalue weighted by Gasteiger charge is 2.49. The number of rotatable bonds is 4. The van der Waals surface area contributed by atoms with Gasteiger partial charge in [-0.1, -0.05) is 36.4 Å². The molecule has 0 radical (unpaired) electrons. The summed E-state index contributed by atoms with van der Waals surface area (Å²) in [5.74, 6) is -2.32. The Labute approximate surface area is 227 Å². The number of benzene rings is 2. The average Bonchev–Trinajstić information content (AvgIpc) is 3.54. The Morgan fingerprint density at radius 3 is 2.03 bits per heavy atom. The van der Waals surface area contributed by atoms with E-state index in [4.69, 9.17) is 4.74 Å². The van der Waals surface area contributed by atoms with Gasteiger partial charge >= 0.3 is 5.97 Å². The Balaban J connectivity index is 1.55. The monoisotopic (exact) mass is 526 g/mol. The predicted octanol–water partition coefficient (Wildman–Crippen LogP) is 4.08. The molecule has 2 atom stereocenters. The molecule has 2 unspecified atom stereocenters. The lowest BCUT2D eigenvalue weighted by molar-refractivity contribution is -0.167. The Bertz CT molecular complexity index is 1620. The lowest BCUT2D eigenvalue weighted by Gasteiger charge is -2.39. The van der Waals surface area contributed by atoms with E-state index in [0.29, 0.717) is 25.9 Å². The van der Waals surface area contributed by atoms with E-state index in [1.807, 2.05) is 97.9 Å². The van der Waals surface area contributed by atoms with Crippen LogP contribution in [0.4, 0.5) is 0 Å². The van der Waals surface area contributed by atoms with Crippen LogP contribution in [-0.2, 0) is 31.7 Å². The molecule has 6 rings (SSSR count). The van der Waals surface area contributed by atoms with Crippen molar-refractivity contribution in [2.24, 2.45) is 7.05 Å². The smallest absolute Gasteiger partial charge is 0.332 e. The standard InChI is InChI=1S/C31H34N4O4/c1-30(2,3)39-29(38)31(13-15-32-16-14-31)35-18-22(20-10-6-8-12-24(20)35)26-25(27(36)33-28(26)37)21-17-34(4)23-11-7-5-9-19(21)23/h5-12,17-18,25-26,32H,13-16H2,1-4H3,(H,33,36,37). The molecule has 8 heteroatoms. The number of ether oxygens (including phenoxy) is 1. The number of para-hydroxylation sites is 2. The number of imide groups is 1. The molecule has 2 aromatic heterocycles. The van der Waals surface area contributed by atoms with E-state index in [-0.39, 0.29) is 17.8 Å². The molecule has 0 saturated carbocycles. The van der Waals surface area contributed by atoms with Crippen LogP contribution in [0.1, 0.15) is 56.6 Å². The second-order valence-electron chi connectivity index (χ2n) is 11.8. The molecular weight excluding hydrogens is 492 g/mol. The number of esters is 1. The molecule has 4 aromatic rings. The van der Waals surface area contributed by atoms with Crippen molar-refractivity contribution in [1.82, 2.24) is 19.8 Å². The van der Waals surface area contributed by atoms with Gasteiger partial charge in [-0.2, -0.15) is 0 Å². The summed E-state index contributed by atoms with van der Waals surface area (Å²) in [4.78, 5) is 40.7. The summed E-state index contributed by atoms with van der Waals surface area (Å²) in [5, 5.41) is 7.78. The summed E-state index contributed by atoms with van der Waals surface area (Å²) >= 11 is 0. The maximum Gasteiger partial charge on any atom is 0.332 e. The number of nitrogens with zero attached hydrogens (tertiary/aromatic N) is 2. The maximum atomic E-state index is 13.9. The van der Waals surface area contributed by atoms with Crippen molar-refractivity contribution in [2.45, 2.75) is 56.6 Å². The van der Waals surface area contributed by atoms with E-state index in [1.54, 1.807) is 0 Å². The number of carbonyl (C=O) groups excluding carboxylic acids is 3. The van der Waals surface area contributed by atoms with Crippen LogP contribution in [0.25, 0.3) is 21.8 Å². The zero-order chi connectivity index (χ0) is 27.5. The van der Waals surface area contributed by atoms with Crippen molar-refractivity contribution < 1.29 is 19.1 Å². The molecular formula is C31H34N4O4. The van der Waals surface area contributed by atoms with Crippen molar-refractivity contribution in [3.63, 3.8) is 0 Å². The zero-order valence-electron chi connectivity index (χ0n) is 22.8.